The van der Waals surface area contributed by atoms with Crippen LogP contribution in [0.2, 0.25) is 5.02 Å². The van der Waals surface area contributed by atoms with Crippen molar-refractivity contribution in [2.75, 3.05) is 19.4 Å². The number of halogens is 1. The van der Waals surface area contributed by atoms with E-state index in [0.29, 0.717) is 18.0 Å². The molecule has 2 rings (SSSR count). The van der Waals surface area contributed by atoms with E-state index in [1.807, 2.05) is 0 Å². The van der Waals surface area contributed by atoms with Gasteiger partial charge in [-0.2, -0.15) is 4.98 Å². The average molecular weight is 332 g/mol. The molecule has 0 radical (unpaired) electrons. The number of aromatic amines is 1. The van der Waals surface area contributed by atoms with E-state index < -0.39 is 10.0 Å². The molecule has 8 nitrogen and oxygen atoms in total. The molecule has 0 aliphatic heterocycles. The molecule has 1 aromatic heterocycles. The molecule has 0 aliphatic carbocycles. The van der Waals surface area contributed by atoms with Gasteiger partial charge in [-0.05, 0) is 18.2 Å². The van der Waals surface area contributed by atoms with Gasteiger partial charge in [-0.25, -0.2) is 13.1 Å². The fourth-order valence-electron chi connectivity index (χ4n) is 1.62. The number of sulfonamides is 1. The second-order valence-corrected chi connectivity index (χ2v) is 6.26. The molecular formula is C11H14ClN5O3S. The summed E-state index contributed by atoms with van der Waals surface area (Å²) in [5.74, 6) is 1.03. The summed E-state index contributed by atoms with van der Waals surface area (Å²) < 4.78 is 31.6. The van der Waals surface area contributed by atoms with Gasteiger partial charge in [0.1, 0.15) is 11.6 Å². The molecule has 0 saturated heterocycles. The van der Waals surface area contributed by atoms with Crippen molar-refractivity contribution in [3.8, 4) is 5.75 Å². The van der Waals surface area contributed by atoms with E-state index >= 15 is 0 Å². The first kappa shape index (κ1) is 15.5. The molecule has 0 atom stereocenters. The third kappa shape index (κ3) is 3.84. The van der Waals surface area contributed by atoms with Crippen molar-refractivity contribution in [3.05, 3.63) is 29.0 Å². The topological polar surface area (TPSA) is 123 Å². The van der Waals surface area contributed by atoms with E-state index in [9.17, 15) is 8.42 Å². The molecule has 0 unspecified atom stereocenters. The largest absolute Gasteiger partial charge is 0.495 e. The number of nitrogens with two attached hydrogens (primary N) is 1. The summed E-state index contributed by atoms with van der Waals surface area (Å²) in [5.41, 5.74) is 5.35. The summed E-state index contributed by atoms with van der Waals surface area (Å²) >= 11 is 5.91. The van der Waals surface area contributed by atoms with Gasteiger partial charge < -0.3 is 10.5 Å². The van der Waals surface area contributed by atoms with Crippen LogP contribution in [0.3, 0.4) is 0 Å². The van der Waals surface area contributed by atoms with Crippen molar-refractivity contribution in [1.82, 2.24) is 19.9 Å². The minimum Gasteiger partial charge on any atom is -0.495 e. The zero-order chi connectivity index (χ0) is 15.5. The summed E-state index contributed by atoms with van der Waals surface area (Å²) in [6.45, 7) is 0.153. The summed E-state index contributed by atoms with van der Waals surface area (Å²) in [5, 5.41) is 6.48. The highest BCUT2D eigenvalue weighted by molar-refractivity contribution is 7.89. The maximum absolute atomic E-state index is 12.1. The van der Waals surface area contributed by atoms with Crippen molar-refractivity contribution < 1.29 is 13.2 Å². The second-order valence-electron chi connectivity index (χ2n) is 4.08. The van der Waals surface area contributed by atoms with Gasteiger partial charge in [0.25, 0.3) is 0 Å². The Kier molecular flexibility index (Phi) is 4.66. The third-order valence-electron chi connectivity index (χ3n) is 2.64. The van der Waals surface area contributed by atoms with Gasteiger partial charge in [-0.1, -0.05) is 11.6 Å². The molecule has 0 spiro atoms. The maximum atomic E-state index is 12.1. The number of hydrogen-bond acceptors (Lipinski definition) is 6. The predicted molar refractivity (Wildman–Crippen MR) is 77.7 cm³/mol. The number of H-pyrrole nitrogens is 1. The molecule has 1 heterocycles. The van der Waals surface area contributed by atoms with Crippen LogP contribution in [0, 0.1) is 0 Å². The molecule has 0 saturated carbocycles. The minimum absolute atomic E-state index is 0.0605. The zero-order valence-electron chi connectivity index (χ0n) is 11.1. The van der Waals surface area contributed by atoms with Crippen molar-refractivity contribution in [3.63, 3.8) is 0 Å². The lowest BCUT2D eigenvalue weighted by atomic mass is 10.3. The highest BCUT2D eigenvalue weighted by Crippen LogP contribution is 2.26. The van der Waals surface area contributed by atoms with E-state index in [1.165, 1.54) is 25.3 Å². The Morgan fingerprint density at radius 2 is 2.24 bits per heavy atom. The number of benzene rings is 1. The lowest BCUT2D eigenvalue weighted by molar-refractivity contribution is 0.414. The Morgan fingerprint density at radius 3 is 2.81 bits per heavy atom. The van der Waals surface area contributed by atoms with Crippen LogP contribution in [-0.4, -0.2) is 37.3 Å². The van der Waals surface area contributed by atoms with E-state index in [1.54, 1.807) is 0 Å². The molecular weight excluding hydrogens is 318 g/mol. The number of nitrogens with one attached hydrogen (secondary N) is 2. The number of hydrogen-bond donors (Lipinski definition) is 3. The van der Waals surface area contributed by atoms with Crippen LogP contribution < -0.4 is 15.2 Å². The van der Waals surface area contributed by atoms with Crippen molar-refractivity contribution in [2.24, 2.45) is 0 Å². The quantitative estimate of drug-likeness (QED) is 0.711. The van der Waals surface area contributed by atoms with Crippen LogP contribution in [0.25, 0.3) is 0 Å². The maximum Gasteiger partial charge on any atom is 0.240 e. The molecule has 0 aliphatic rings. The molecule has 0 fully saturated rings. The lowest BCUT2D eigenvalue weighted by Gasteiger charge is -2.08. The lowest BCUT2D eigenvalue weighted by Crippen LogP contribution is -2.26. The van der Waals surface area contributed by atoms with E-state index in [0.717, 1.165) is 0 Å². The van der Waals surface area contributed by atoms with Gasteiger partial charge in [-0.15, -0.1) is 5.10 Å². The number of anilines is 1. The van der Waals surface area contributed by atoms with Gasteiger partial charge in [0.05, 0.1) is 17.0 Å². The van der Waals surface area contributed by atoms with Crippen molar-refractivity contribution >= 4 is 27.6 Å². The van der Waals surface area contributed by atoms with Crippen molar-refractivity contribution in [1.29, 1.82) is 0 Å². The van der Waals surface area contributed by atoms with Crippen LogP contribution >= 0.6 is 11.6 Å². The van der Waals surface area contributed by atoms with E-state index in [-0.39, 0.29) is 22.4 Å². The minimum atomic E-state index is -3.65. The SMILES string of the molecule is COc1ccc(S(=O)(=O)NCCc2nc(N)n[nH]2)cc1Cl. The Labute approximate surface area is 126 Å². The zero-order valence-corrected chi connectivity index (χ0v) is 12.7. The number of nitrogen functional groups attached to an aromatic ring is 1. The Balaban J connectivity index is 2.02. The average Bonchev–Trinajstić information content (AvgIpc) is 2.84. The van der Waals surface area contributed by atoms with Gasteiger partial charge in [0.15, 0.2) is 0 Å². The second kappa shape index (κ2) is 6.29. The smallest absolute Gasteiger partial charge is 0.240 e. The Hall–Kier alpha value is -1.84. The van der Waals surface area contributed by atoms with Gasteiger partial charge in [-0.3, -0.25) is 5.10 Å². The highest BCUT2D eigenvalue weighted by atomic mass is 35.5. The monoisotopic (exact) mass is 331 g/mol. The first-order valence-corrected chi connectivity index (χ1v) is 7.78. The highest BCUT2D eigenvalue weighted by Gasteiger charge is 2.15. The van der Waals surface area contributed by atoms with Crippen LogP contribution in [-0.2, 0) is 16.4 Å². The predicted octanol–water partition coefficient (Wildman–Crippen LogP) is 0.570. The van der Waals surface area contributed by atoms with Gasteiger partial charge in [0.2, 0.25) is 16.0 Å². The molecule has 0 bridgehead atoms. The normalized spacial score (nSPS) is 11.5. The summed E-state index contributed by atoms with van der Waals surface area (Å²) in [7, 11) is -2.20. The van der Waals surface area contributed by atoms with Gasteiger partial charge in [0, 0.05) is 13.0 Å². The Bertz CT molecular complexity index is 731. The van der Waals surface area contributed by atoms with E-state index in [2.05, 4.69) is 19.9 Å². The van der Waals surface area contributed by atoms with Gasteiger partial charge >= 0.3 is 0 Å². The first-order chi connectivity index (χ1) is 9.92. The standard InChI is InChI=1S/C11H14ClN5O3S/c1-20-9-3-2-7(6-8(9)12)21(18,19)14-5-4-10-15-11(13)17-16-10/h2-3,6,14H,4-5H2,1H3,(H3,13,15,16,17). The molecule has 21 heavy (non-hydrogen) atoms. The molecule has 4 N–H and O–H groups in total. The summed E-state index contributed by atoms with van der Waals surface area (Å²) in [6.07, 6.45) is 0.341. The van der Waals surface area contributed by atoms with Crippen LogP contribution in [0.1, 0.15) is 5.82 Å². The molecule has 0 amide bonds. The molecule has 1 aromatic carbocycles. The number of methoxy groups -OCH3 is 1. The molecule has 114 valence electrons. The number of nitrogens with zero attached hydrogens (tertiary/aromatic N) is 2. The van der Waals surface area contributed by atoms with Crippen LogP contribution in [0.15, 0.2) is 23.1 Å². The van der Waals surface area contributed by atoms with Crippen LogP contribution in [0.4, 0.5) is 5.95 Å². The van der Waals surface area contributed by atoms with Crippen molar-refractivity contribution in [2.45, 2.75) is 11.3 Å². The van der Waals surface area contributed by atoms with Crippen LogP contribution in [0.5, 0.6) is 5.75 Å². The molecule has 2 aromatic rings. The molecule has 10 heteroatoms. The Morgan fingerprint density at radius 1 is 1.48 bits per heavy atom. The first-order valence-electron chi connectivity index (χ1n) is 5.92. The third-order valence-corrected chi connectivity index (χ3v) is 4.39. The number of ether oxygens (including phenoxy) is 1. The fraction of sp³-hybridized carbons (Fsp3) is 0.273. The number of aromatic nitrogens is 3. The number of rotatable bonds is 6. The van der Waals surface area contributed by atoms with E-state index in [4.69, 9.17) is 22.1 Å². The summed E-state index contributed by atoms with van der Waals surface area (Å²) in [4.78, 5) is 3.94. The summed E-state index contributed by atoms with van der Waals surface area (Å²) in [6, 6.07) is 4.24. The fourth-order valence-corrected chi connectivity index (χ4v) is 3.00.